The first-order chi connectivity index (χ1) is 26.7. The first-order valence-electron chi connectivity index (χ1n) is 16.9. The number of hydrogen-bond acceptors (Lipinski definition) is 11. The molecule has 0 bridgehead atoms. The minimum absolute atomic E-state index is 0.0453. The fourth-order valence-corrected chi connectivity index (χ4v) is 5.48. The van der Waals surface area contributed by atoms with Crippen molar-refractivity contribution in [1.29, 1.82) is 0 Å². The molecular formula is C36H32ClF3N10O6. The Bertz CT molecular complexity index is 2190. The number of carboxylic acid groups (broad SMARTS) is 1. The Kier molecular flexibility index (Phi) is 11.6. The van der Waals surface area contributed by atoms with Crippen molar-refractivity contribution in [2.45, 2.75) is 37.0 Å². The topological polar surface area (TPSA) is 225 Å². The zero-order chi connectivity index (χ0) is 39.9. The molecule has 20 heteroatoms. The molecule has 3 aromatic carbocycles. The molecule has 56 heavy (non-hydrogen) atoms. The van der Waals surface area contributed by atoms with Gasteiger partial charge in [-0.05, 0) is 79.4 Å². The smallest absolute Gasteiger partial charge is 0.422 e. The lowest BCUT2D eigenvalue weighted by Crippen LogP contribution is -2.44. The molecule has 6 rings (SSSR count). The highest BCUT2D eigenvalue weighted by Gasteiger charge is 2.45. The maximum atomic E-state index is 12.9. The van der Waals surface area contributed by atoms with Crippen LogP contribution in [0.15, 0.2) is 85.1 Å². The number of aliphatic carboxylic acids is 1. The zero-order valence-corrected chi connectivity index (χ0v) is 29.7. The van der Waals surface area contributed by atoms with E-state index in [2.05, 4.69) is 51.7 Å². The molecule has 5 aromatic rings. The number of carboxylic acids is 1. The standard InChI is InChI=1S/C36H32ClF3N10O6/c37-23-7-5-22(6-8-23)35(15-16-35)49-33-46-32(47-34(48-33)56-19-36(38,39)40)44-25-11-3-21(4-12-25)28(51)45-27(31(54)55)13-17-41-29(52)30(53)43-24-9-1-20(2-10-24)26-14-18-42-50-26/h1-12,14,18,27H,13,15-17,19H2,(H,41,52)(H,42,50)(H,43,53)(H,45,51)(H,54,55)(H2,44,46,47,48,49). The summed E-state index contributed by atoms with van der Waals surface area (Å²) in [7, 11) is 0. The highest BCUT2D eigenvalue weighted by Crippen LogP contribution is 2.48. The predicted molar refractivity (Wildman–Crippen MR) is 196 cm³/mol. The van der Waals surface area contributed by atoms with E-state index in [1.807, 2.05) is 12.1 Å². The van der Waals surface area contributed by atoms with Crippen molar-refractivity contribution in [3.8, 4) is 17.3 Å². The van der Waals surface area contributed by atoms with Gasteiger partial charge in [-0.1, -0.05) is 35.9 Å². The second kappa shape index (κ2) is 16.7. The van der Waals surface area contributed by atoms with Crippen LogP contribution in [0.4, 0.5) is 36.4 Å². The Balaban J connectivity index is 1.03. The number of carbonyl (C=O) groups is 4. The second-order valence-electron chi connectivity index (χ2n) is 12.5. The third kappa shape index (κ3) is 10.5. The number of H-pyrrole nitrogens is 1. The lowest BCUT2D eigenvalue weighted by molar-refractivity contribution is -0.154. The summed E-state index contributed by atoms with van der Waals surface area (Å²) in [6, 6.07) is 19.1. The summed E-state index contributed by atoms with van der Waals surface area (Å²) in [5.41, 5.74) is 2.54. The van der Waals surface area contributed by atoms with Crippen LogP contribution in [0.2, 0.25) is 5.02 Å². The van der Waals surface area contributed by atoms with E-state index in [1.54, 1.807) is 48.7 Å². The van der Waals surface area contributed by atoms with E-state index in [0.717, 1.165) is 11.1 Å². The number of carbonyl (C=O) groups excluding carboxylic acids is 3. The number of benzene rings is 3. The van der Waals surface area contributed by atoms with Crippen LogP contribution in [0.25, 0.3) is 11.3 Å². The average Bonchev–Trinajstić information content (AvgIpc) is 3.72. The van der Waals surface area contributed by atoms with Gasteiger partial charge >= 0.3 is 30.0 Å². The van der Waals surface area contributed by atoms with E-state index >= 15 is 0 Å². The highest BCUT2D eigenvalue weighted by atomic mass is 35.5. The Hall–Kier alpha value is -6.76. The summed E-state index contributed by atoms with van der Waals surface area (Å²) in [6.45, 7) is -1.88. The largest absolute Gasteiger partial charge is 0.480 e. The minimum Gasteiger partial charge on any atom is -0.480 e. The van der Waals surface area contributed by atoms with Gasteiger partial charge in [-0.2, -0.15) is 33.2 Å². The summed E-state index contributed by atoms with van der Waals surface area (Å²) >= 11 is 6.02. The van der Waals surface area contributed by atoms with E-state index in [-0.39, 0.29) is 30.4 Å². The number of aromatic amines is 1. The summed E-state index contributed by atoms with van der Waals surface area (Å²) in [5, 5.41) is 30.2. The molecule has 7 N–H and O–H groups in total. The molecule has 3 amide bonds. The molecule has 1 aliphatic carbocycles. The normalized spacial score (nSPS) is 13.5. The van der Waals surface area contributed by atoms with Gasteiger partial charge < -0.3 is 36.4 Å². The first-order valence-corrected chi connectivity index (χ1v) is 17.2. The molecule has 0 aliphatic heterocycles. The van der Waals surface area contributed by atoms with Gasteiger partial charge in [0.2, 0.25) is 11.9 Å². The quantitative estimate of drug-likeness (QED) is 0.0694. The number of halogens is 4. The number of amides is 3. The third-order valence-electron chi connectivity index (χ3n) is 8.35. The Morgan fingerprint density at radius 3 is 2.18 bits per heavy atom. The van der Waals surface area contributed by atoms with Crippen LogP contribution in [0.3, 0.4) is 0 Å². The van der Waals surface area contributed by atoms with Crippen LogP contribution in [-0.2, 0) is 19.9 Å². The molecule has 2 aromatic heterocycles. The third-order valence-corrected chi connectivity index (χ3v) is 8.60. The Morgan fingerprint density at radius 2 is 1.55 bits per heavy atom. The number of aromatic nitrogens is 5. The molecule has 1 fully saturated rings. The first kappa shape index (κ1) is 38.9. The Labute approximate surface area is 320 Å². The van der Waals surface area contributed by atoms with E-state index in [1.165, 1.54) is 24.3 Å². The van der Waals surface area contributed by atoms with Crippen LogP contribution in [0, 0.1) is 0 Å². The van der Waals surface area contributed by atoms with Crippen molar-refractivity contribution in [2.75, 3.05) is 29.1 Å². The van der Waals surface area contributed by atoms with E-state index in [9.17, 15) is 37.5 Å². The van der Waals surface area contributed by atoms with Gasteiger partial charge in [0.15, 0.2) is 6.61 Å². The van der Waals surface area contributed by atoms with Gasteiger partial charge in [0.1, 0.15) is 6.04 Å². The van der Waals surface area contributed by atoms with Crippen molar-refractivity contribution in [1.82, 2.24) is 35.8 Å². The van der Waals surface area contributed by atoms with Crippen LogP contribution >= 0.6 is 11.6 Å². The number of nitrogens with one attached hydrogen (secondary N) is 6. The SMILES string of the molecule is O=C(NCCC(NC(=O)c1ccc(Nc2nc(NC3(c4ccc(Cl)cc4)CC3)nc(OCC(F)(F)F)n2)cc1)C(=O)O)C(=O)Nc1ccc(-c2cc[nH]n2)cc1. The monoisotopic (exact) mass is 792 g/mol. The number of hydrogen-bond donors (Lipinski definition) is 7. The molecule has 0 radical (unpaired) electrons. The minimum atomic E-state index is -4.65. The lowest BCUT2D eigenvalue weighted by atomic mass is 10.1. The molecule has 290 valence electrons. The number of nitrogens with zero attached hydrogens (tertiary/aromatic N) is 4. The second-order valence-corrected chi connectivity index (χ2v) is 12.9. The summed E-state index contributed by atoms with van der Waals surface area (Å²) < 4.78 is 43.6. The molecule has 0 spiro atoms. The zero-order valence-electron chi connectivity index (χ0n) is 29.0. The molecule has 16 nitrogen and oxygen atoms in total. The van der Waals surface area contributed by atoms with Crippen LogP contribution in [0.5, 0.6) is 6.01 Å². The molecule has 1 aliphatic rings. The fourth-order valence-electron chi connectivity index (χ4n) is 5.35. The van der Waals surface area contributed by atoms with E-state index < -0.39 is 54.1 Å². The average molecular weight is 793 g/mol. The lowest BCUT2D eigenvalue weighted by Gasteiger charge is -2.19. The van der Waals surface area contributed by atoms with Crippen molar-refractivity contribution in [2.24, 2.45) is 0 Å². The predicted octanol–water partition coefficient (Wildman–Crippen LogP) is 5.03. The van der Waals surface area contributed by atoms with Gasteiger partial charge in [-0.3, -0.25) is 19.5 Å². The van der Waals surface area contributed by atoms with Gasteiger partial charge in [0, 0.05) is 40.3 Å². The van der Waals surface area contributed by atoms with Crippen molar-refractivity contribution in [3.63, 3.8) is 0 Å². The summed E-state index contributed by atoms with van der Waals surface area (Å²) in [4.78, 5) is 61.8. The van der Waals surface area contributed by atoms with Crippen molar-refractivity contribution in [3.05, 3.63) is 101 Å². The maximum Gasteiger partial charge on any atom is 0.422 e. The summed E-state index contributed by atoms with van der Waals surface area (Å²) in [5.74, 6) is -4.31. The number of anilines is 4. The molecule has 1 atom stereocenters. The molecule has 2 heterocycles. The summed E-state index contributed by atoms with van der Waals surface area (Å²) in [6.07, 6.45) is -1.83. The van der Waals surface area contributed by atoms with E-state index in [4.69, 9.17) is 16.3 Å². The Morgan fingerprint density at radius 1 is 0.875 bits per heavy atom. The van der Waals surface area contributed by atoms with Crippen LogP contribution in [-0.4, -0.2) is 79.3 Å². The van der Waals surface area contributed by atoms with Gasteiger partial charge in [0.05, 0.1) is 11.2 Å². The van der Waals surface area contributed by atoms with Crippen LogP contribution in [0.1, 0.15) is 35.2 Å². The van der Waals surface area contributed by atoms with Crippen molar-refractivity contribution >= 4 is 58.6 Å². The fraction of sp³-hybridized carbons (Fsp3) is 0.222. The highest BCUT2D eigenvalue weighted by molar-refractivity contribution is 6.39. The van der Waals surface area contributed by atoms with Gasteiger partial charge in [-0.25, -0.2) is 4.79 Å². The van der Waals surface area contributed by atoms with Gasteiger partial charge in [-0.15, -0.1) is 0 Å². The number of rotatable bonds is 15. The van der Waals surface area contributed by atoms with E-state index in [0.29, 0.717) is 34.9 Å². The molecule has 1 saturated carbocycles. The van der Waals surface area contributed by atoms with Crippen LogP contribution < -0.4 is 31.3 Å². The molecular weight excluding hydrogens is 761 g/mol. The van der Waals surface area contributed by atoms with Crippen molar-refractivity contribution < 1.29 is 42.2 Å². The van der Waals surface area contributed by atoms with Gasteiger partial charge in [0.25, 0.3) is 5.91 Å². The number of alkyl halides is 3. The molecule has 0 saturated heterocycles. The number of ether oxygens (including phenoxy) is 1. The molecule has 1 unspecified atom stereocenters. The maximum absolute atomic E-state index is 12.9.